The average Bonchev–Trinajstić information content (AvgIpc) is 2.88. The van der Waals surface area contributed by atoms with E-state index in [-0.39, 0.29) is 17.3 Å². The standard InChI is InChI=1S/C27H29Cl2N3O4S/c1-4-24(27(34)30-3)31(17-20-10-12-21(28)13-11-20)26(33)18-32(25-15-14-22(29)16-19(25)2)37(35,36)23-8-6-5-7-9-23/h5-16,24H,4,17-18H2,1-3H3,(H,30,34)/t24-/m0/s1. The highest BCUT2D eigenvalue weighted by Crippen LogP contribution is 2.29. The zero-order chi connectivity index (χ0) is 27.2. The molecule has 1 N–H and O–H groups in total. The fraction of sp³-hybridized carbons (Fsp3) is 0.259. The highest BCUT2D eigenvalue weighted by atomic mass is 35.5. The molecule has 3 rings (SSSR count). The number of aryl methyl sites for hydroxylation is 1. The fourth-order valence-corrected chi connectivity index (χ4v) is 5.86. The Hall–Kier alpha value is -3.07. The zero-order valence-electron chi connectivity index (χ0n) is 20.8. The smallest absolute Gasteiger partial charge is 0.264 e. The molecule has 196 valence electrons. The van der Waals surface area contributed by atoms with Gasteiger partial charge in [0.05, 0.1) is 10.6 Å². The molecule has 3 aromatic carbocycles. The summed E-state index contributed by atoms with van der Waals surface area (Å²) in [6, 6.07) is 18.8. The number of carbonyl (C=O) groups is 2. The Morgan fingerprint density at radius 1 is 0.946 bits per heavy atom. The summed E-state index contributed by atoms with van der Waals surface area (Å²) in [6.07, 6.45) is 0.338. The van der Waals surface area contributed by atoms with Crippen molar-refractivity contribution in [2.24, 2.45) is 0 Å². The van der Waals surface area contributed by atoms with E-state index in [1.165, 1.54) is 24.1 Å². The van der Waals surface area contributed by atoms with Crippen molar-refractivity contribution in [3.05, 3.63) is 94.0 Å². The van der Waals surface area contributed by atoms with Gasteiger partial charge in [-0.3, -0.25) is 13.9 Å². The van der Waals surface area contributed by atoms with Gasteiger partial charge < -0.3 is 10.2 Å². The Bertz CT molecular complexity index is 1350. The van der Waals surface area contributed by atoms with Crippen molar-refractivity contribution in [1.82, 2.24) is 10.2 Å². The summed E-state index contributed by atoms with van der Waals surface area (Å²) in [6.45, 7) is 3.11. The van der Waals surface area contributed by atoms with Gasteiger partial charge in [0.15, 0.2) is 0 Å². The number of nitrogens with one attached hydrogen (secondary N) is 1. The predicted octanol–water partition coefficient (Wildman–Crippen LogP) is 5.05. The van der Waals surface area contributed by atoms with E-state index >= 15 is 0 Å². The van der Waals surface area contributed by atoms with Gasteiger partial charge in [-0.1, -0.05) is 60.5 Å². The molecule has 2 amide bonds. The first-order valence-electron chi connectivity index (χ1n) is 11.7. The molecule has 1 atom stereocenters. The van der Waals surface area contributed by atoms with Crippen LogP contribution in [0.2, 0.25) is 10.0 Å². The lowest BCUT2D eigenvalue weighted by atomic mass is 10.1. The van der Waals surface area contributed by atoms with Gasteiger partial charge in [0.2, 0.25) is 11.8 Å². The van der Waals surface area contributed by atoms with Gasteiger partial charge >= 0.3 is 0 Å². The van der Waals surface area contributed by atoms with Gasteiger partial charge in [0.1, 0.15) is 12.6 Å². The van der Waals surface area contributed by atoms with Crippen molar-refractivity contribution < 1.29 is 18.0 Å². The van der Waals surface area contributed by atoms with Gasteiger partial charge in [-0.15, -0.1) is 0 Å². The Morgan fingerprint density at radius 3 is 2.14 bits per heavy atom. The topological polar surface area (TPSA) is 86.8 Å². The van der Waals surface area contributed by atoms with E-state index in [9.17, 15) is 18.0 Å². The van der Waals surface area contributed by atoms with Crippen molar-refractivity contribution in [3.8, 4) is 0 Å². The molecule has 0 aliphatic rings. The molecule has 0 heterocycles. The highest BCUT2D eigenvalue weighted by molar-refractivity contribution is 7.92. The first-order valence-corrected chi connectivity index (χ1v) is 13.9. The highest BCUT2D eigenvalue weighted by Gasteiger charge is 2.33. The lowest BCUT2D eigenvalue weighted by Gasteiger charge is -2.33. The molecule has 0 aromatic heterocycles. The SMILES string of the molecule is CC[C@@H](C(=O)NC)N(Cc1ccc(Cl)cc1)C(=O)CN(c1ccc(Cl)cc1C)S(=O)(=O)c1ccccc1. The minimum Gasteiger partial charge on any atom is -0.357 e. The number of anilines is 1. The second kappa shape index (κ2) is 12.4. The number of rotatable bonds is 10. The van der Waals surface area contributed by atoms with Crippen LogP contribution < -0.4 is 9.62 Å². The van der Waals surface area contributed by atoms with E-state index in [0.717, 1.165) is 9.87 Å². The van der Waals surface area contributed by atoms with Gasteiger partial charge in [-0.2, -0.15) is 0 Å². The maximum atomic E-state index is 13.9. The van der Waals surface area contributed by atoms with Crippen molar-refractivity contribution in [2.45, 2.75) is 37.8 Å². The van der Waals surface area contributed by atoms with E-state index in [1.54, 1.807) is 74.5 Å². The summed E-state index contributed by atoms with van der Waals surface area (Å²) in [5.74, 6) is -0.871. The second-order valence-electron chi connectivity index (χ2n) is 8.44. The molecule has 3 aromatic rings. The van der Waals surface area contributed by atoms with Gasteiger partial charge in [-0.05, 0) is 66.9 Å². The van der Waals surface area contributed by atoms with Crippen LogP contribution in [0.1, 0.15) is 24.5 Å². The summed E-state index contributed by atoms with van der Waals surface area (Å²) in [4.78, 5) is 28.0. The molecule has 0 aliphatic heterocycles. The largest absolute Gasteiger partial charge is 0.357 e. The Balaban J connectivity index is 2.08. The van der Waals surface area contributed by atoms with Gasteiger partial charge in [0.25, 0.3) is 10.0 Å². The number of carbonyl (C=O) groups excluding carboxylic acids is 2. The van der Waals surface area contributed by atoms with Crippen LogP contribution in [0.5, 0.6) is 0 Å². The second-order valence-corrected chi connectivity index (χ2v) is 11.2. The number of hydrogen-bond donors (Lipinski definition) is 1. The molecular formula is C27H29Cl2N3O4S. The van der Waals surface area contributed by atoms with Crippen LogP contribution in [0, 0.1) is 6.92 Å². The van der Waals surface area contributed by atoms with Crippen LogP contribution in [0.3, 0.4) is 0 Å². The molecule has 0 radical (unpaired) electrons. The van der Waals surface area contributed by atoms with Crippen LogP contribution in [0.25, 0.3) is 0 Å². The van der Waals surface area contributed by atoms with Crippen molar-refractivity contribution in [3.63, 3.8) is 0 Å². The Labute approximate surface area is 228 Å². The van der Waals surface area contributed by atoms with Crippen LogP contribution >= 0.6 is 23.2 Å². The quantitative estimate of drug-likeness (QED) is 0.375. The number of halogens is 2. The molecule has 37 heavy (non-hydrogen) atoms. The summed E-state index contributed by atoms with van der Waals surface area (Å²) in [7, 11) is -2.63. The molecule has 10 heteroatoms. The number of sulfonamides is 1. The minimum atomic E-state index is -4.13. The monoisotopic (exact) mass is 561 g/mol. The van der Waals surface area contributed by atoms with Gasteiger partial charge in [-0.25, -0.2) is 8.42 Å². The lowest BCUT2D eigenvalue weighted by molar-refractivity contribution is -0.140. The number of amides is 2. The molecular weight excluding hydrogens is 533 g/mol. The van der Waals surface area contributed by atoms with Crippen LogP contribution in [0.4, 0.5) is 5.69 Å². The Kier molecular flexibility index (Phi) is 9.59. The predicted molar refractivity (Wildman–Crippen MR) is 147 cm³/mol. The zero-order valence-corrected chi connectivity index (χ0v) is 23.1. The summed E-state index contributed by atoms with van der Waals surface area (Å²) in [5.41, 5.74) is 1.66. The normalized spacial score (nSPS) is 12.0. The first-order chi connectivity index (χ1) is 17.6. The Morgan fingerprint density at radius 2 is 1.57 bits per heavy atom. The maximum absolute atomic E-state index is 13.9. The number of benzene rings is 3. The van der Waals surface area contributed by atoms with Crippen molar-refractivity contribution >= 4 is 50.7 Å². The molecule has 0 aliphatic carbocycles. The summed E-state index contributed by atoms with van der Waals surface area (Å²) >= 11 is 12.1. The maximum Gasteiger partial charge on any atom is 0.264 e. The van der Waals surface area contributed by atoms with E-state index in [0.29, 0.717) is 27.7 Å². The molecule has 0 bridgehead atoms. The van der Waals surface area contributed by atoms with Crippen LogP contribution in [-0.2, 0) is 26.2 Å². The lowest BCUT2D eigenvalue weighted by Crippen LogP contribution is -2.51. The third-order valence-electron chi connectivity index (χ3n) is 5.94. The van der Waals surface area contributed by atoms with E-state index in [2.05, 4.69) is 5.32 Å². The van der Waals surface area contributed by atoms with E-state index in [1.807, 2.05) is 0 Å². The molecule has 0 unspecified atom stereocenters. The summed E-state index contributed by atoms with van der Waals surface area (Å²) in [5, 5.41) is 3.59. The number of hydrogen-bond acceptors (Lipinski definition) is 4. The average molecular weight is 563 g/mol. The molecule has 7 nitrogen and oxygen atoms in total. The molecule has 0 fully saturated rings. The van der Waals surface area contributed by atoms with Crippen LogP contribution in [-0.4, -0.2) is 44.8 Å². The first kappa shape index (κ1) is 28.5. The summed E-state index contributed by atoms with van der Waals surface area (Å²) < 4.78 is 28.6. The molecule has 0 spiro atoms. The molecule has 0 saturated carbocycles. The minimum absolute atomic E-state index is 0.0414. The fourth-order valence-electron chi connectivity index (χ4n) is 4.00. The third kappa shape index (κ3) is 6.83. The van der Waals surface area contributed by atoms with Crippen molar-refractivity contribution in [1.29, 1.82) is 0 Å². The van der Waals surface area contributed by atoms with Crippen LogP contribution in [0.15, 0.2) is 77.7 Å². The molecule has 0 saturated heterocycles. The van der Waals surface area contributed by atoms with Gasteiger partial charge in [0, 0.05) is 23.6 Å². The number of nitrogens with zero attached hydrogens (tertiary/aromatic N) is 2. The number of likely N-dealkylation sites (N-methyl/N-ethyl adjacent to an activating group) is 1. The third-order valence-corrected chi connectivity index (χ3v) is 8.20. The van der Waals surface area contributed by atoms with E-state index < -0.39 is 28.5 Å². The van der Waals surface area contributed by atoms with E-state index in [4.69, 9.17) is 23.2 Å². The van der Waals surface area contributed by atoms with Crippen molar-refractivity contribution in [2.75, 3.05) is 17.9 Å².